The summed E-state index contributed by atoms with van der Waals surface area (Å²) in [5, 5.41) is 14.7. The van der Waals surface area contributed by atoms with Crippen molar-refractivity contribution >= 4 is 23.2 Å². The standard InChI is InChI=1S/C23H21N5O2/c1-15-6-4-8-17(12-15)26-23(30)21-27-20(19-10-2-3-11-28(19)21)22(29)25-18-9-5-7-16(13-18)14-24/h4-9,12-13H,2-3,10-11H2,1H3,(H,25,29)(H,26,30). The van der Waals surface area contributed by atoms with E-state index < -0.39 is 0 Å². The minimum Gasteiger partial charge on any atom is -0.323 e. The Bertz CT molecular complexity index is 1170. The van der Waals surface area contributed by atoms with E-state index in [1.165, 1.54) is 0 Å². The SMILES string of the molecule is Cc1cccc(NC(=O)c2nc(C(=O)Nc3cccc(C#N)c3)c3n2CCCC3)c1. The number of nitrogens with one attached hydrogen (secondary N) is 2. The molecule has 4 rings (SSSR count). The number of hydrogen-bond acceptors (Lipinski definition) is 4. The Morgan fingerprint density at radius 2 is 1.77 bits per heavy atom. The zero-order chi connectivity index (χ0) is 21.1. The van der Waals surface area contributed by atoms with Crippen LogP contribution in [0.15, 0.2) is 48.5 Å². The van der Waals surface area contributed by atoms with Gasteiger partial charge in [0.05, 0.1) is 17.3 Å². The van der Waals surface area contributed by atoms with Crippen LogP contribution in [-0.2, 0) is 13.0 Å². The summed E-state index contributed by atoms with van der Waals surface area (Å²) in [4.78, 5) is 30.3. The van der Waals surface area contributed by atoms with Crippen LogP contribution in [0, 0.1) is 18.3 Å². The summed E-state index contributed by atoms with van der Waals surface area (Å²) >= 11 is 0. The summed E-state index contributed by atoms with van der Waals surface area (Å²) < 4.78 is 1.84. The number of aromatic nitrogens is 2. The smallest absolute Gasteiger partial charge is 0.291 e. The van der Waals surface area contributed by atoms with Crippen LogP contribution in [0.5, 0.6) is 0 Å². The highest BCUT2D eigenvalue weighted by Gasteiger charge is 2.27. The molecule has 7 nitrogen and oxygen atoms in total. The monoisotopic (exact) mass is 399 g/mol. The molecule has 0 unspecified atom stereocenters. The molecule has 2 heterocycles. The maximum absolute atomic E-state index is 12.9. The fourth-order valence-electron chi connectivity index (χ4n) is 3.66. The van der Waals surface area contributed by atoms with Crippen LogP contribution in [-0.4, -0.2) is 21.4 Å². The average molecular weight is 399 g/mol. The van der Waals surface area contributed by atoms with Crippen molar-refractivity contribution in [2.24, 2.45) is 0 Å². The van der Waals surface area contributed by atoms with Gasteiger partial charge in [-0.25, -0.2) is 4.98 Å². The molecule has 1 aliphatic heterocycles. The van der Waals surface area contributed by atoms with E-state index in [2.05, 4.69) is 21.7 Å². The van der Waals surface area contributed by atoms with Gasteiger partial charge in [-0.05, 0) is 62.1 Å². The van der Waals surface area contributed by atoms with E-state index in [1.807, 2.05) is 35.8 Å². The number of aryl methyl sites for hydroxylation is 1. The van der Waals surface area contributed by atoms with Gasteiger partial charge in [-0.3, -0.25) is 9.59 Å². The maximum atomic E-state index is 12.9. The van der Waals surface area contributed by atoms with Crippen LogP contribution in [0.3, 0.4) is 0 Å². The second-order valence-electron chi connectivity index (χ2n) is 7.31. The third-order valence-electron chi connectivity index (χ3n) is 5.06. The fraction of sp³-hybridized carbons (Fsp3) is 0.217. The summed E-state index contributed by atoms with van der Waals surface area (Å²) in [6, 6.07) is 16.3. The van der Waals surface area contributed by atoms with E-state index in [1.54, 1.807) is 24.3 Å². The van der Waals surface area contributed by atoms with Crippen molar-refractivity contribution in [2.45, 2.75) is 32.7 Å². The normalized spacial score (nSPS) is 12.5. The van der Waals surface area contributed by atoms with E-state index in [-0.39, 0.29) is 23.3 Å². The Hall–Kier alpha value is -3.92. The molecule has 2 aromatic carbocycles. The van der Waals surface area contributed by atoms with E-state index >= 15 is 0 Å². The van der Waals surface area contributed by atoms with Crippen molar-refractivity contribution in [3.8, 4) is 6.07 Å². The second-order valence-corrected chi connectivity index (χ2v) is 7.31. The molecule has 1 aromatic heterocycles. The number of nitriles is 1. The lowest BCUT2D eigenvalue weighted by Gasteiger charge is -2.17. The van der Waals surface area contributed by atoms with Crippen molar-refractivity contribution in [3.63, 3.8) is 0 Å². The Labute approximate surface area is 174 Å². The van der Waals surface area contributed by atoms with Gasteiger partial charge < -0.3 is 15.2 Å². The molecular formula is C23H21N5O2. The lowest BCUT2D eigenvalue weighted by atomic mass is 10.1. The number of benzene rings is 2. The third kappa shape index (κ3) is 3.94. The molecule has 0 bridgehead atoms. The van der Waals surface area contributed by atoms with Crippen molar-refractivity contribution in [3.05, 3.63) is 76.9 Å². The molecule has 0 aliphatic carbocycles. The fourth-order valence-corrected chi connectivity index (χ4v) is 3.66. The van der Waals surface area contributed by atoms with Crippen molar-refractivity contribution in [2.75, 3.05) is 10.6 Å². The van der Waals surface area contributed by atoms with Gasteiger partial charge in [-0.15, -0.1) is 0 Å². The van der Waals surface area contributed by atoms with Gasteiger partial charge in [-0.2, -0.15) is 5.26 Å². The number of rotatable bonds is 4. The van der Waals surface area contributed by atoms with Gasteiger partial charge in [0.1, 0.15) is 0 Å². The van der Waals surface area contributed by atoms with Gasteiger partial charge >= 0.3 is 0 Å². The van der Waals surface area contributed by atoms with Crippen LogP contribution in [0.4, 0.5) is 11.4 Å². The summed E-state index contributed by atoms with van der Waals surface area (Å²) in [6.07, 6.45) is 2.56. The molecule has 3 aromatic rings. The second kappa shape index (κ2) is 8.21. The highest BCUT2D eigenvalue weighted by atomic mass is 16.2. The number of fused-ring (bicyclic) bond motifs is 1. The van der Waals surface area contributed by atoms with Crippen LogP contribution in [0.25, 0.3) is 0 Å². The van der Waals surface area contributed by atoms with Crippen molar-refractivity contribution in [1.29, 1.82) is 5.26 Å². The molecule has 0 saturated carbocycles. The predicted octanol–water partition coefficient (Wildman–Crippen LogP) is 3.90. The molecule has 2 N–H and O–H groups in total. The maximum Gasteiger partial charge on any atom is 0.291 e. The number of imidazole rings is 1. The van der Waals surface area contributed by atoms with Crippen LogP contribution in [0.2, 0.25) is 0 Å². The first-order valence-electron chi connectivity index (χ1n) is 9.84. The Balaban J connectivity index is 1.63. The summed E-state index contributed by atoms with van der Waals surface area (Å²) in [5.41, 5.74) is 3.72. The van der Waals surface area contributed by atoms with E-state index in [0.717, 1.165) is 24.1 Å². The zero-order valence-electron chi connectivity index (χ0n) is 16.6. The predicted molar refractivity (Wildman–Crippen MR) is 113 cm³/mol. The molecule has 150 valence electrons. The lowest BCUT2D eigenvalue weighted by Crippen LogP contribution is -2.21. The molecule has 0 saturated heterocycles. The van der Waals surface area contributed by atoms with E-state index in [9.17, 15) is 9.59 Å². The van der Waals surface area contributed by atoms with Gasteiger partial charge in [0.25, 0.3) is 11.8 Å². The minimum absolute atomic E-state index is 0.238. The number of anilines is 2. The molecule has 0 fully saturated rings. The van der Waals surface area contributed by atoms with Crippen molar-refractivity contribution < 1.29 is 9.59 Å². The topological polar surface area (TPSA) is 99.8 Å². The zero-order valence-corrected chi connectivity index (χ0v) is 16.6. The molecule has 7 heteroatoms. The van der Waals surface area contributed by atoms with E-state index in [0.29, 0.717) is 29.9 Å². The summed E-state index contributed by atoms with van der Waals surface area (Å²) in [7, 11) is 0. The van der Waals surface area contributed by atoms with E-state index in [4.69, 9.17) is 5.26 Å². The molecule has 2 amide bonds. The minimum atomic E-state index is -0.384. The van der Waals surface area contributed by atoms with Crippen LogP contribution in [0.1, 0.15) is 50.8 Å². The summed E-state index contributed by atoms with van der Waals surface area (Å²) in [6.45, 7) is 2.60. The third-order valence-corrected chi connectivity index (χ3v) is 5.06. The van der Waals surface area contributed by atoms with Crippen LogP contribution < -0.4 is 10.6 Å². The van der Waals surface area contributed by atoms with Gasteiger partial charge in [0, 0.05) is 17.9 Å². The molecule has 0 atom stereocenters. The Morgan fingerprint density at radius 3 is 2.53 bits per heavy atom. The first-order valence-corrected chi connectivity index (χ1v) is 9.84. The lowest BCUT2D eigenvalue weighted by molar-refractivity contribution is 0.101. The molecule has 1 aliphatic rings. The first-order chi connectivity index (χ1) is 14.5. The highest BCUT2D eigenvalue weighted by molar-refractivity contribution is 6.07. The van der Waals surface area contributed by atoms with Gasteiger partial charge in [0.15, 0.2) is 11.5 Å². The molecule has 30 heavy (non-hydrogen) atoms. The van der Waals surface area contributed by atoms with Crippen molar-refractivity contribution in [1.82, 2.24) is 9.55 Å². The summed E-state index contributed by atoms with van der Waals surface area (Å²) in [5.74, 6) is -0.484. The van der Waals surface area contributed by atoms with Crippen LogP contribution >= 0.6 is 0 Å². The quantitative estimate of drug-likeness (QED) is 0.695. The molecule has 0 radical (unpaired) electrons. The molecule has 0 spiro atoms. The number of nitrogens with zero attached hydrogens (tertiary/aromatic N) is 3. The first kappa shape index (κ1) is 19.4. The average Bonchev–Trinajstić information content (AvgIpc) is 3.14. The number of carbonyl (C=O) groups excluding carboxylic acids is 2. The molecular weight excluding hydrogens is 378 g/mol. The number of carbonyl (C=O) groups is 2. The van der Waals surface area contributed by atoms with Gasteiger partial charge in [0.2, 0.25) is 0 Å². The largest absolute Gasteiger partial charge is 0.323 e. The number of hydrogen-bond donors (Lipinski definition) is 2. The Kier molecular flexibility index (Phi) is 5.31. The number of amides is 2. The highest BCUT2D eigenvalue weighted by Crippen LogP contribution is 2.23. The van der Waals surface area contributed by atoms with Gasteiger partial charge in [-0.1, -0.05) is 18.2 Å². The Morgan fingerprint density at radius 1 is 1.03 bits per heavy atom.